The molecule has 3 saturated heterocycles. The topological polar surface area (TPSA) is 135 Å². The number of nitrogens with one attached hydrogen (secondary N) is 1. The van der Waals surface area contributed by atoms with Gasteiger partial charge >= 0.3 is 5.97 Å². The third-order valence-corrected chi connectivity index (χ3v) is 12.0. The molecule has 10 atom stereocenters. The Morgan fingerprint density at radius 3 is 2.49 bits per heavy atom. The van der Waals surface area contributed by atoms with E-state index in [0.717, 1.165) is 0 Å². The van der Waals surface area contributed by atoms with Crippen LogP contribution in [0.15, 0.2) is 79.9 Å². The number of benzene rings is 2. The first kappa shape index (κ1) is 40.6. The summed E-state index contributed by atoms with van der Waals surface area (Å²) in [5.74, 6) is -4.32. The average molecular weight is 815 g/mol. The van der Waals surface area contributed by atoms with Crippen molar-refractivity contribution in [3.05, 3.63) is 90.5 Å². The maximum atomic E-state index is 15.1. The van der Waals surface area contributed by atoms with Gasteiger partial charge in [0.2, 0.25) is 11.8 Å². The predicted molar refractivity (Wildman–Crippen MR) is 205 cm³/mol. The van der Waals surface area contributed by atoms with Crippen molar-refractivity contribution in [1.29, 1.82) is 0 Å². The molecule has 11 nitrogen and oxygen atoms in total. The number of carbonyl (C=O) groups is 4. The number of hydrogen-bond donors (Lipinski definition) is 2. The van der Waals surface area contributed by atoms with E-state index in [4.69, 9.17) is 25.8 Å². The molecule has 3 heterocycles. The van der Waals surface area contributed by atoms with Crippen LogP contribution in [0.5, 0.6) is 0 Å². The average Bonchev–Trinajstić information content (AvgIpc) is 3.75. The maximum absolute atomic E-state index is 15.1. The number of fused-ring (bicyclic) bond motifs is 1. The number of anilines is 1. The number of likely N-dealkylation sites (tertiary alicyclic amines) is 1. The summed E-state index contributed by atoms with van der Waals surface area (Å²) >= 11 is 10.4. The lowest BCUT2D eigenvalue weighted by molar-refractivity contribution is -0.163. The van der Waals surface area contributed by atoms with E-state index in [1.165, 1.54) is 16.9 Å². The Bertz CT molecular complexity index is 1660. The minimum atomic E-state index is -1.44. The monoisotopic (exact) mass is 813 g/mol. The second-order valence-corrected chi connectivity index (χ2v) is 15.5. The first-order valence-electron chi connectivity index (χ1n) is 18.1. The highest BCUT2D eigenvalue weighted by Crippen LogP contribution is 2.61. The molecule has 2 aromatic carbocycles. The number of para-hydroxylation sites is 1. The van der Waals surface area contributed by atoms with Crippen molar-refractivity contribution < 1.29 is 38.5 Å². The molecule has 3 aliphatic rings. The Labute approximate surface area is 324 Å². The minimum absolute atomic E-state index is 0.0310. The first-order chi connectivity index (χ1) is 25.5. The number of hydrogen-bond acceptors (Lipinski definition) is 8. The molecule has 2 bridgehead atoms. The van der Waals surface area contributed by atoms with Gasteiger partial charge in [-0.3, -0.25) is 19.2 Å². The van der Waals surface area contributed by atoms with Gasteiger partial charge in [0.25, 0.3) is 5.91 Å². The summed E-state index contributed by atoms with van der Waals surface area (Å²) in [6, 6.07) is 13.2. The van der Waals surface area contributed by atoms with E-state index in [0.29, 0.717) is 29.1 Å². The Balaban J connectivity index is 1.58. The van der Waals surface area contributed by atoms with E-state index in [-0.39, 0.29) is 37.8 Å². The molecule has 5 rings (SSSR count). The molecule has 1 spiro atoms. The molecule has 0 aromatic heterocycles. The van der Waals surface area contributed by atoms with Crippen molar-refractivity contribution in [2.75, 3.05) is 31.8 Å². The number of halogens is 2. The van der Waals surface area contributed by atoms with Gasteiger partial charge in [-0.05, 0) is 36.5 Å². The smallest absolute Gasteiger partial charge is 0.313 e. The van der Waals surface area contributed by atoms with Crippen LogP contribution in [0.3, 0.4) is 0 Å². The highest BCUT2D eigenvalue weighted by atomic mass is 79.9. The normalized spacial score (nSPS) is 26.6. The van der Waals surface area contributed by atoms with Crippen LogP contribution in [0.4, 0.5) is 5.69 Å². The van der Waals surface area contributed by atoms with E-state index >= 15 is 4.79 Å². The Morgan fingerprint density at radius 2 is 1.87 bits per heavy atom. The number of nitrogens with zero attached hydrogens (tertiary/aromatic N) is 2. The van der Waals surface area contributed by atoms with Crippen molar-refractivity contribution in [2.45, 2.75) is 80.3 Å². The standard InChI is InChI=1S/C40H49BrClN3O8/c1-6-9-19-31(47)43-28(23-51-5)34(25-15-11-10-12-16-25)52-39(50)32-33-37(48)45(30(22-46)24(4)8-3)36(40(33)21-26(41)35(32)53-40)38(49)44(20-7-2)29-18-14-13-17-27(29)42/h6-7,10-18,24,26,28,30,32-36,46H,1-2,8-9,19-23H2,3-5H3,(H,43,47)/t24-,26?,28-,30-,32-,33+,34-,35-,36-,40+/m0/s1. The van der Waals surface area contributed by atoms with E-state index in [9.17, 15) is 19.5 Å². The molecular weight excluding hydrogens is 766 g/mol. The van der Waals surface area contributed by atoms with Gasteiger partial charge in [-0.2, -0.15) is 0 Å². The van der Waals surface area contributed by atoms with Crippen LogP contribution in [-0.2, 0) is 33.4 Å². The quantitative estimate of drug-likeness (QED) is 0.116. The largest absolute Gasteiger partial charge is 0.455 e. The Kier molecular flexibility index (Phi) is 13.6. The van der Waals surface area contributed by atoms with E-state index < -0.39 is 77.0 Å². The SMILES string of the molecule is C=CCCC(=O)N[C@@H](COC)[C@@H](OC(=O)[C@@H]1[C@H]2O[C@@]3(CC2Br)[C@H](C(=O)N(CC=C)c2ccccc2Cl)N([C@@H](CO)[C@@H](C)CC)C(=O)[C@@H]13)c1ccccc1. The molecule has 3 fully saturated rings. The van der Waals surface area contributed by atoms with Gasteiger partial charge in [0.05, 0.1) is 53.9 Å². The van der Waals surface area contributed by atoms with Crippen molar-refractivity contribution >= 4 is 56.9 Å². The van der Waals surface area contributed by atoms with Gasteiger partial charge in [-0.1, -0.05) is 102 Å². The molecule has 53 heavy (non-hydrogen) atoms. The summed E-state index contributed by atoms with van der Waals surface area (Å²) in [6.07, 6.45) is 2.94. The van der Waals surface area contributed by atoms with Gasteiger partial charge < -0.3 is 34.4 Å². The van der Waals surface area contributed by atoms with Gasteiger partial charge in [0.1, 0.15) is 17.7 Å². The van der Waals surface area contributed by atoms with Crippen LogP contribution in [0.2, 0.25) is 5.02 Å². The summed E-state index contributed by atoms with van der Waals surface area (Å²) in [7, 11) is 1.49. The summed E-state index contributed by atoms with van der Waals surface area (Å²) in [5, 5.41) is 14.1. The van der Waals surface area contributed by atoms with Crippen molar-refractivity contribution in [1.82, 2.24) is 10.2 Å². The van der Waals surface area contributed by atoms with Crippen LogP contribution in [0.1, 0.15) is 51.2 Å². The second kappa shape index (κ2) is 17.7. The summed E-state index contributed by atoms with van der Waals surface area (Å²) in [6.45, 7) is 11.1. The molecule has 3 aliphatic heterocycles. The van der Waals surface area contributed by atoms with Gasteiger partial charge in [0, 0.05) is 24.9 Å². The lowest BCUT2D eigenvalue weighted by Gasteiger charge is -2.41. The predicted octanol–water partition coefficient (Wildman–Crippen LogP) is 5.40. The molecule has 0 radical (unpaired) electrons. The molecular formula is C40H49BrClN3O8. The van der Waals surface area contributed by atoms with Crippen LogP contribution in [-0.4, -0.2) is 95.2 Å². The highest BCUT2D eigenvalue weighted by Gasteiger charge is 2.78. The molecule has 3 amide bonds. The zero-order valence-electron chi connectivity index (χ0n) is 30.4. The third-order valence-electron chi connectivity index (χ3n) is 10.8. The van der Waals surface area contributed by atoms with Gasteiger partial charge in [0.15, 0.2) is 0 Å². The number of alkyl halides is 1. The van der Waals surface area contributed by atoms with Gasteiger partial charge in [-0.25, -0.2) is 0 Å². The van der Waals surface area contributed by atoms with Crippen molar-refractivity contribution in [3.8, 4) is 0 Å². The zero-order valence-corrected chi connectivity index (χ0v) is 32.7. The molecule has 2 aromatic rings. The molecule has 13 heteroatoms. The lowest BCUT2D eigenvalue weighted by atomic mass is 9.70. The fourth-order valence-corrected chi connectivity index (χ4v) is 9.35. The van der Waals surface area contributed by atoms with Crippen molar-refractivity contribution in [3.63, 3.8) is 0 Å². The number of aliphatic hydroxyl groups excluding tert-OH is 1. The van der Waals surface area contributed by atoms with Crippen molar-refractivity contribution in [2.24, 2.45) is 17.8 Å². The number of ether oxygens (including phenoxy) is 3. The number of carbonyl (C=O) groups excluding carboxylic acids is 4. The summed E-state index contributed by atoms with van der Waals surface area (Å²) in [4.78, 5) is 60.2. The van der Waals surface area contributed by atoms with Crippen LogP contribution in [0.25, 0.3) is 0 Å². The zero-order chi connectivity index (χ0) is 38.4. The van der Waals surface area contributed by atoms with Gasteiger partial charge in [-0.15, -0.1) is 13.2 Å². The Hall–Kier alpha value is -3.55. The number of methoxy groups -OCH3 is 1. The molecule has 286 valence electrons. The molecule has 2 N–H and O–H groups in total. The molecule has 0 aliphatic carbocycles. The Morgan fingerprint density at radius 1 is 1.17 bits per heavy atom. The minimum Gasteiger partial charge on any atom is -0.455 e. The first-order valence-corrected chi connectivity index (χ1v) is 19.3. The number of aliphatic hydroxyl groups is 1. The third kappa shape index (κ3) is 7.84. The lowest BCUT2D eigenvalue weighted by Crippen LogP contribution is -2.60. The number of amides is 3. The fourth-order valence-electron chi connectivity index (χ4n) is 8.17. The second-order valence-electron chi connectivity index (χ2n) is 14.0. The summed E-state index contributed by atoms with van der Waals surface area (Å²) < 4.78 is 18.6. The summed E-state index contributed by atoms with van der Waals surface area (Å²) in [5.41, 5.74) is -0.393. The molecule has 0 saturated carbocycles. The molecule has 1 unspecified atom stereocenters. The maximum Gasteiger partial charge on any atom is 0.313 e. The van der Waals surface area contributed by atoms with E-state index in [1.54, 1.807) is 60.7 Å². The fraction of sp³-hybridized carbons (Fsp3) is 0.500. The number of rotatable bonds is 18. The number of allylic oxidation sites excluding steroid dienone is 1. The van der Waals surface area contributed by atoms with E-state index in [1.807, 2.05) is 19.9 Å². The van der Waals surface area contributed by atoms with Crippen LogP contribution in [0, 0.1) is 17.8 Å². The van der Waals surface area contributed by atoms with E-state index in [2.05, 4.69) is 34.4 Å². The highest BCUT2D eigenvalue weighted by molar-refractivity contribution is 9.09. The number of esters is 1. The van der Waals surface area contributed by atoms with Crippen LogP contribution >= 0.6 is 27.5 Å². The van der Waals surface area contributed by atoms with Crippen LogP contribution < -0.4 is 10.2 Å².